The lowest BCUT2D eigenvalue weighted by molar-refractivity contribution is 0.569. The van der Waals surface area contributed by atoms with Gasteiger partial charge in [-0.05, 0) is 38.1 Å². The number of hydrogen-bond acceptors (Lipinski definition) is 6. The molecule has 0 saturated heterocycles. The molecule has 0 aliphatic heterocycles. The smallest absolute Gasteiger partial charge is 0.248 e. The van der Waals surface area contributed by atoms with Crippen molar-refractivity contribution in [3.05, 3.63) is 60.7 Å². The van der Waals surface area contributed by atoms with Gasteiger partial charge >= 0.3 is 0 Å². The van der Waals surface area contributed by atoms with Crippen molar-refractivity contribution in [3.8, 4) is 28.5 Å². The predicted octanol–water partition coefficient (Wildman–Crippen LogP) is 3.66. The van der Waals surface area contributed by atoms with Crippen LogP contribution < -0.4 is 0 Å². The fraction of sp³-hybridized carbons (Fsp3) is 0.150. The summed E-state index contributed by atoms with van der Waals surface area (Å²) in [6.07, 6.45) is 3.10. The Hall–Kier alpha value is -3.81. The molecule has 0 unspecified atom stereocenters. The minimum absolute atomic E-state index is 0.437. The van der Waals surface area contributed by atoms with Gasteiger partial charge in [-0.3, -0.25) is 4.68 Å². The molecule has 0 spiro atoms. The fourth-order valence-electron chi connectivity index (χ4n) is 3.43. The molecule has 1 aromatic carbocycles. The minimum atomic E-state index is 0.437. The normalized spacial score (nSPS) is 11.4. The van der Waals surface area contributed by atoms with Crippen molar-refractivity contribution in [1.82, 2.24) is 34.7 Å². The predicted molar refractivity (Wildman–Crippen MR) is 104 cm³/mol. The molecule has 0 aliphatic rings. The summed E-state index contributed by atoms with van der Waals surface area (Å²) in [4.78, 5) is 4.94. The largest absolute Gasteiger partial charge is 0.423 e. The fourth-order valence-corrected chi connectivity index (χ4v) is 3.43. The Balaban J connectivity index is 1.86. The molecule has 4 aromatic heterocycles. The zero-order valence-electron chi connectivity index (χ0n) is 15.4. The summed E-state index contributed by atoms with van der Waals surface area (Å²) >= 11 is 0. The summed E-state index contributed by atoms with van der Waals surface area (Å²) in [7, 11) is 0. The molecule has 0 bridgehead atoms. The highest BCUT2D eigenvalue weighted by Crippen LogP contribution is 2.33. The summed E-state index contributed by atoms with van der Waals surface area (Å²) in [6, 6.07) is 13.9. The number of para-hydroxylation sites is 1. The highest BCUT2D eigenvalue weighted by Gasteiger charge is 2.21. The first-order chi connectivity index (χ1) is 13.8. The first-order valence-corrected chi connectivity index (χ1v) is 9.00. The van der Waals surface area contributed by atoms with E-state index in [0.717, 1.165) is 45.9 Å². The topological polar surface area (TPSA) is 87.5 Å². The van der Waals surface area contributed by atoms with E-state index in [-0.39, 0.29) is 0 Å². The molecule has 4 heterocycles. The van der Waals surface area contributed by atoms with Crippen molar-refractivity contribution in [2.24, 2.45) is 0 Å². The van der Waals surface area contributed by atoms with Crippen LogP contribution in [0.2, 0.25) is 0 Å². The summed E-state index contributed by atoms with van der Waals surface area (Å²) < 4.78 is 9.27. The molecule has 5 rings (SSSR count). The van der Waals surface area contributed by atoms with Gasteiger partial charge in [-0.1, -0.05) is 18.2 Å². The Bertz CT molecular complexity index is 1250. The summed E-state index contributed by atoms with van der Waals surface area (Å²) in [5.41, 5.74) is 5.01. The first-order valence-electron chi connectivity index (χ1n) is 9.00. The van der Waals surface area contributed by atoms with Crippen LogP contribution in [-0.2, 0) is 6.54 Å². The molecule has 0 N–H and O–H groups in total. The number of benzene rings is 1. The van der Waals surface area contributed by atoms with Crippen LogP contribution in [0.25, 0.3) is 39.6 Å². The lowest BCUT2D eigenvalue weighted by Crippen LogP contribution is -2.02. The molecule has 8 nitrogen and oxygen atoms in total. The zero-order valence-corrected chi connectivity index (χ0v) is 15.4. The van der Waals surface area contributed by atoms with Gasteiger partial charge in [-0.15, -0.1) is 10.2 Å². The second-order valence-corrected chi connectivity index (χ2v) is 6.36. The van der Waals surface area contributed by atoms with Gasteiger partial charge in [0.05, 0.1) is 33.7 Å². The molecule has 0 radical (unpaired) electrons. The third-order valence-electron chi connectivity index (χ3n) is 4.68. The maximum absolute atomic E-state index is 5.52. The SMILES string of the molecule is CCn1nccc1-c1cc(-c2nnco2)c2c(C)nn(-c3ccccc3)c2n1. The van der Waals surface area contributed by atoms with E-state index < -0.39 is 0 Å². The number of fused-ring (bicyclic) bond motifs is 1. The Labute approximate surface area is 160 Å². The van der Waals surface area contributed by atoms with Crippen molar-refractivity contribution < 1.29 is 4.42 Å². The monoisotopic (exact) mass is 371 g/mol. The van der Waals surface area contributed by atoms with Gasteiger partial charge in [-0.2, -0.15) is 10.2 Å². The minimum Gasteiger partial charge on any atom is -0.423 e. The summed E-state index contributed by atoms with van der Waals surface area (Å²) in [5, 5.41) is 18.0. The van der Waals surface area contributed by atoms with Crippen LogP contribution in [0.1, 0.15) is 12.6 Å². The van der Waals surface area contributed by atoms with Gasteiger partial charge in [0.2, 0.25) is 12.3 Å². The third kappa shape index (κ3) is 2.50. The lowest BCUT2D eigenvalue weighted by Gasteiger charge is -2.08. The number of nitrogens with zero attached hydrogens (tertiary/aromatic N) is 7. The summed E-state index contributed by atoms with van der Waals surface area (Å²) in [5.74, 6) is 0.437. The number of pyridine rings is 1. The number of aromatic nitrogens is 7. The Morgan fingerprint density at radius 3 is 2.71 bits per heavy atom. The second kappa shape index (κ2) is 6.41. The van der Waals surface area contributed by atoms with Crippen LogP contribution >= 0.6 is 0 Å². The third-order valence-corrected chi connectivity index (χ3v) is 4.68. The van der Waals surface area contributed by atoms with Crippen molar-refractivity contribution in [3.63, 3.8) is 0 Å². The molecule has 5 aromatic rings. The van der Waals surface area contributed by atoms with E-state index in [1.54, 1.807) is 6.20 Å². The lowest BCUT2D eigenvalue weighted by atomic mass is 10.1. The average Bonchev–Trinajstić information content (AvgIpc) is 3.48. The molecule has 138 valence electrons. The Morgan fingerprint density at radius 2 is 1.96 bits per heavy atom. The van der Waals surface area contributed by atoms with E-state index >= 15 is 0 Å². The van der Waals surface area contributed by atoms with Crippen LogP contribution in [-0.4, -0.2) is 34.7 Å². The highest BCUT2D eigenvalue weighted by atomic mass is 16.4. The van der Waals surface area contributed by atoms with Crippen LogP contribution in [0.4, 0.5) is 0 Å². The van der Waals surface area contributed by atoms with Gasteiger partial charge in [0.25, 0.3) is 0 Å². The molecule has 0 aliphatic carbocycles. The molecule has 0 atom stereocenters. The van der Waals surface area contributed by atoms with Crippen LogP contribution in [0.3, 0.4) is 0 Å². The van der Waals surface area contributed by atoms with E-state index in [1.807, 2.05) is 65.7 Å². The first kappa shape index (κ1) is 16.4. The quantitative estimate of drug-likeness (QED) is 0.479. The average molecular weight is 371 g/mol. The van der Waals surface area contributed by atoms with E-state index in [1.165, 1.54) is 6.39 Å². The molecule has 0 fully saturated rings. The van der Waals surface area contributed by atoms with Gasteiger partial charge < -0.3 is 4.42 Å². The van der Waals surface area contributed by atoms with Crippen molar-refractivity contribution in [1.29, 1.82) is 0 Å². The zero-order chi connectivity index (χ0) is 19.1. The second-order valence-electron chi connectivity index (χ2n) is 6.36. The number of aryl methyl sites for hydroxylation is 2. The number of rotatable bonds is 4. The van der Waals surface area contributed by atoms with E-state index in [9.17, 15) is 0 Å². The molecule has 0 amide bonds. The standard InChI is InChI=1S/C20H17N7O/c1-3-26-17(9-10-22-26)16-11-15(20-24-21-12-28-20)18-13(2)25-27(19(18)23-16)14-7-5-4-6-8-14/h4-12H,3H2,1-2H3. The Morgan fingerprint density at radius 1 is 1.11 bits per heavy atom. The van der Waals surface area contributed by atoms with E-state index in [0.29, 0.717) is 5.89 Å². The molecule has 8 heteroatoms. The maximum Gasteiger partial charge on any atom is 0.248 e. The highest BCUT2D eigenvalue weighted by molar-refractivity contribution is 5.95. The van der Waals surface area contributed by atoms with Crippen LogP contribution in [0.5, 0.6) is 0 Å². The molecular formula is C20H17N7O. The Kier molecular flexibility index (Phi) is 3.75. The molecule has 0 saturated carbocycles. The van der Waals surface area contributed by atoms with Gasteiger partial charge in [0, 0.05) is 12.7 Å². The van der Waals surface area contributed by atoms with Crippen molar-refractivity contribution in [2.75, 3.05) is 0 Å². The maximum atomic E-state index is 5.52. The van der Waals surface area contributed by atoms with Gasteiger partial charge in [0.1, 0.15) is 0 Å². The van der Waals surface area contributed by atoms with Crippen LogP contribution in [0.15, 0.2) is 59.5 Å². The van der Waals surface area contributed by atoms with Gasteiger partial charge in [0.15, 0.2) is 5.65 Å². The molecular weight excluding hydrogens is 354 g/mol. The molecule has 28 heavy (non-hydrogen) atoms. The number of hydrogen-bond donors (Lipinski definition) is 0. The van der Waals surface area contributed by atoms with Crippen molar-refractivity contribution in [2.45, 2.75) is 20.4 Å². The van der Waals surface area contributed by atoms with Crippen molar-refractivity contribution >= 4 is 11.0 Å². The van der Waals surface area contributed by atoms with E-state index in [4.69, 9.17) is 14.5 Å². The summed E-state index contributed by atoms with van der Waals surface area (Å²) in [6.45, 7) is 4.75. The van der Waals surface area contributed by atoms with Crippen LogP contribution in [0, 0.1) is 6.92 Å². The van der Waals surface area contributed by atoms with Gasteiger partial charge in [-0.25, -0.2) is 9.67 Å². The van der Waals surface area contributed by atoms with E-state index in [2.05, 4.69) is 15.3 Å².